The van der Waals surface area contributed by atoms with E-state index in [4.69, 9.17) is 14.2 Å². The molecule has 0 saturated heterocycles. The summed E-state index contributed by atoms with van der Waals surface area (Å²) >= 11 is 3.04. The first kappa shape index (κ1) is 46.9. The van der Waals surface area contributed by atoms with Gasteiger partial charge >= 0.3 is 17.9 Å². The van der Waals surface area contributed by atoms with Crippen LogP contribution in [0.1, 0.15) is 63.7 Å². The van der Waals surface area contributed by atoms with Crippen LogP contribution in [0, 0.1) is 5.41 Å². The molecule has 15 heteroatoms. The van der Waals surface area contributed by atoms with Crippen molar-refractivity contribution in [2.24, 2.45) is 5.41 Å². The highest BCUT2D eigenvalue weighted by Gasteiger charge is 2.34. The Morgan fingerprint density at radius 3 is 1.02 bits per heavy atom. The lowest BCUT2D eigenvalue weighted by Gasteiger charge is -2.31. The molecule has 0 aliphatic heterocycles. The van der Waals surface area contributed by atoms with Gasteiger partial charge < -0.3 is 28.9 Å². The predicted molar refractivity (Wildman–Crippen MR) is 232 cm³/mol. The highest BCUT2D eigenvalue weighted by Crippen LogP contribution is 2.27. The lowest BCUT2D eigenvalue weighted by molar-refractivity contribution is -0.161. The second-order valence-electron chi connectivity index (χ2n) is 13.8. The van der Waals surface area contributed by atoms with Crippen LogP contribution in [0.2, 0.25) is 0 Å². The summed E-state index contributed by atoms with van der Waals surface area (Å²) < 4.78 is 16.9. The number of rotatable bonds is 22. The maximum Gasteiger partial charge on any atom is 0.306 e. The first-order valence-electron chi connectivity index (χ1n) is 18.4. The van der Waals surface area contributed by atoms with Crippen LogP contribution < -0.4 is 14.7 Å². The van der Waals surface area contributed by atoms with E-state index in [1.807, 2.05) is 75.2 Å². The normalized spacial score (nSPS) is 11.0. The van der Waals surface area contributed by atoms with Gasteiger partial charge in [-0.05, 0) is 42.8 Å². The van der Waals surface area contributed by atoms with Gasteiger partial charge in [-0.2, -0.15) is 0 Å². The Morgan fingerprint density at radius 2 is 0.772 bits per heavy atom. The van der Waals surface area contributed by atoms with E-state index in [1.165, 1.54) is 0 Å². The maximum atomic E-state index is 12.9. The van der Waals surface area contributed by atoms with Crippen molar-refractivity contribution < 1.29 is 43.0 Å². The predicted octanol–water partition coefficient (Wildman–Crippen LogP) is 7.10. The molecule has 57 heavy (non-hydrogen) atoms. The molecule has 0 heterocycles. The van der Waals surface area contributed by atoms with E-state index >= 15 is 0 Å². The monoisotopic (exact) mass is 839 g/mol. The van der Waals surface area contributed by atoms with Gasteiger partial charge in [-0.1, -0.05) is 78.6 Å². The summed E-state index contributed by atoms with van der Waals surface area (Å²) in [6.07, 6.45) is 0.179. The van der Waals surface area contributed by atoms with E-state index in [9.17, 15) is 28.8 Å². The fourth-order valence-corrected chi connectivity index (χ4v) is 7.26. The van der Waals surface area contributed by atoms with E-state index in [2.05, 4.69) is 0 Å². The molecule has 3 aromatic rings. The highest BCUT2D eigenvalue weighted by molar-refractivity contribution is 8.14. The fourth-order valence-electron chi connectivity index (χ4n) is 5.01. The van der Waals surface area contributed by atoms with Crippen molar-refractivity contribution in [3.8, 4) is 0 Å². The number of esters is 3. The quantitative estimate of drug-likeness (QED) is 0.0750. The Hall–Kier alpha value is -4.47. The number of thioether (sulfide) groups is 3. The molecule has 0 bridgehead atoms. The maximum absolute atomic E-state index is 12.9. The molecule has 3 rings (SSSR count). The first-order valence-corrected chi connectivity index (χ1v) is 21.4. The number of carbonyl (C=O) groups is 6. The van der Waals surface area contributed by atoms with Crippen molar-refractivity contribution >= 4 is 85.6 Å². The largest absolute Gasteiger partial charge is 0.465 e. The van der Waals surface area contributed by atoms with Crippen molar-refractivity contribution in [1.29, 1.82) is 0 Å². The van der Waals surface area contributed by atoms with Crippen LogP contribution in [0.15, 0.2) is 72.8 Å². The van der Waals surface area contributed by atoms with Crippen molar-refractivity contribution in [2.75, 3.05) is 94.1 Å². The van der Waals surface area contributed by atoms with E-state index < -0.39 is 23.3 Å². The number of anilines is 3. The fraction of sp³-hybridized carbons (Fsp3) is 0.429. The topological polar surface area (TPSA) is 140 Å². The molecule has 0 radical (unpaired) electrons. The molecular formula is C42H53N3O9S3. The highest BCUT2D eigenvalue weighted by atomic mass is 32.2. The Balaban J connectivity index is 1.56. The van der Waals surface area contributed by atoms with Crippen LogP contribution in [0.5, 0.6) is 0 Å². The number of nitrogens with zero attached hydrogens (tertiary/aromatic N) is 3. The average molecular weight is 840 g/mol. The third-order valence-corrected chi connectivity index (χ3v) is 11.5. The summed E-state index contributed by atoms with van der Waals surface area (Å²) in [5.74, 6) is -1.10. The third-order valence-electron chi connectivity index (χ3n) is 8.78. The number of ether oxygens (including phenoxy) is 3. The average Bonchev–Trinajstić information content (AvgIpc) is 3.20. The summed E-state index contributed by atoms with van der Waals surface area (Å²) in [7, 11) is 11.3. The smallest absolute Gasteiger partial charge is 0.306 e. The molecule has 0 atom stereocenters. The van der Waals surface area contributed by atoms with Crippen molar-refractivity contribution in [3.05, 3.63) is 89.5 Å². The van der Waals surface area contributed by atoms with E-state index in [0.29, 0.717) is 23.1 Å². The zero-order valence-corrected chi connectivity index (χ0v) is 36.2. The molecule has 0 N–H and O–H groups in total. The molecule has 12 nitrogen and oxygen atoms in total. The minimum Gasteiger partial charge on any atom is -0.465 e. The molecule has 3 aromatic carbocycles. The standard InChI is InChI=1S/C42H53N3O9S3/c1-8-42(27-52-36(46)18-21-55-39(49)30-12-9-15-33(24-30)43(2)3,28-53-37(47)19-22-56-40(50)31-13-10-16-34(25-31)44(4)5)29-54-38(48)20-23-57-41(51)32-14-11-17-35(26-32)45(6)7/h9-17,24-26H,8,18-23,27-29H2,1-7H3. The van der Waals surface area contributed by atoms with Gasteiger partial charge in [0.25, 0.3) is 0 Å². The zero-order valence-electron chi connectivity index (χ0n) is 33.7. The van der Waals surface area contributed by atoms with Crippen LogP contribution in [-0.2, 0) is 28.6 Å². The number of benzene rings is 3. The molecule has 0 saturated carbocycles. The van der Waals surface area contributed by atoms with Gasteiger partial charge in [-0.25, -0.2) is 0 Å². The molecule has 0 amide bonds. The summed E-state index contributed by atoms with van der Waals surface area (Å²) in [5.41, 5.74) is 3.16. The van der Waals surface area contributed by atoms with E-state index in [1.54, 1.807) is 61.5 Å². The molecule has 0 aliphatic carbocycles. The van der Waals surface area contributed by atoms with Crippen molar-refractivity contribution in [3.63, 3.8) is 0 Å². The van der Waals surface area contributed by atoms with Gasteiger partial charge in [-0.3, -0.25) is 28.8 Å². The van der Waals surface area contributed by atoms with Gasteiger partial charge in [0.1, 0.15) is 19.8 Å². The summed E-state index contributed by atoms with van der Waals surface area (Å²) in [6.45, 7) is 1.17. The Bertz CT molecular complexity index is 1650. The van der Waals surface area contributed by atoms with Gasteiger partial charge in [0.15, 0.2) is 0 Å². The molecular weight excluding hydrogens is 787 g/mol. The number of hydrogen-bond acceptors (Lipinski definition) is 15. The Morgan fingerprint density at radius 1 is 0.491 bits per heavy atom. The molecule has 0 aromatic heterocycles. The van der Waals surface area contributed by atoms with Crippen LogP contribution >= 0.6 is 35.3 Å². The number of hydrogen-bond donors (Lipinski definition) is 0. The van der Waals surface area contributed by atoms with Gasteiger partial charge in [0, 0.05) is 93.3 Å². The van der Waals surface area contributed by atoms with Crippen LogP contribution in [0.3, 0.4) is 0 Å². The molecule has 0 fully saturated rings. The minimum absolute atomic E-state index is 0.0471. The van der Waals surface area contributed by atoms with Gasteiger partial charge in [-0.15, -0.1) is 0 Å². The lowest BCUT2D eigenvalue weighted by Crippen LogP contribution is -2.39. The van der Waals surface area contributed by atoms with Crippen molar-refractivity contribution in [2.45, 2.75) is 32.6 Å². The second kappa shape index (κ2) is 23.7. The Kier molecular flexibility index (Phi) is 19.5. The minimum atomic E-state index is -1.07. The Labute approximate surface area is 348 Å². The second-order valence-corrected chi connectivity index (χ2v) is 17.0. The molecule has 0 aliphatic rings. The summed E-state index contributed by atoms with van der Waals surface area (Å²) in [4.78, 5) is 82.5. The summed E-state index contributed by atoms with van der Waals surface area (Å²) in [6, 6.07) is 21.6. The zero-order chi connectivity index (χ0) is 42.0. The van der Waals surface area contributed by atoms with E-state index in [-0.39, 0.29) is 71.7 Å². The van der Waals surface area contributed by atoms with Crippen molar-refractivity contribution in [1.82, 2.24) is 0 Å². The molecule has 0 unspecified atom stereocenters. The molecule has 308 valence electrons. The summed E-state index contributed by atoms with van der Waals surface area (Å²) in [5, 5.41) is -0.508. The number of carbonyl (C=O) groups excluding carboxylic acids is 6. The van der Waals surface area contributed by atoms with Crippen LogP contribution in [0.4, 0.5) is 17.1 Å². The first-order chi connectivity index (χ1) is 27.1. The van der Waals surface area contributed by atoms with Gasteiger partial charge in [0.05, 0.1) is 24.7 Å². The lowest BCUT2D eigenvalue weighted by atomic mass is 9.88. The third kappa shape index (κ3) is 16.1. The van der Waals surface area contributed by atoms with Gasteiger partial charge in [0.2, 0.25) is 15.3 Å². The van der Waals surface area contributed by atoms with Crippen LogP contribution in [-0.4, -0.2) is 113 Å². The van der Waals surface area contributed by atoms with Crippen LogP contribution in [0.25, 0.3) is 0 Å². The molecule has 0 spiro atoms. The van der Waals surface area contributed by atoms with E-state index in [0.717, 1.165) is 52.3 Å². The SMILES string of the molecule is CCC(COC(=O)CCSC(=O)c1cccc(N(C)C)c1)(COC(=O)CCSC(=O)c1cccc(N(C)C)c1)COC(=O)CCSC(=O)c1cccc(N(C)C)c1.